The first-order chi connectivity index (χ1) is 13.0. The normalized spacial score (nSPS) is 13.0. The zero-order valence-corrected chi connectivity index (χ0v) is 18.4. The Morgan fingerprint density at radius 3 is 2.85 bits per heavy atom. The Morgan fingerprint density at radius 2 is 2.15 bits per heavy atom. The number of hydrogen-bond donors (Lipinski definition) is 0. The highest BCUT2D eigenvalue weighted by molar-refractivity contribution is 9.10. The van der Waals surface area contributed by atoms with Crippen molar-refractivity contribution in [2.45, 2.75) is 6.61 Å². The standard InChI is InChI=1S/C20H19BrO4S2/c1-23-17-6-4-5-14(11-18(26-2)27(3)22)20(17)25-12-13-9-15-7-8-24-19(15)16(21)10-13/h4-11H,12H2,1-3H3. The zero-order valence-electron chi connectivity index (χ0n) is 15.2. The molecule has 0 amide bonds. The first-order valence-corrected chi connectivity index (χ1v) is 11.7. The summed E-state index contributed by atoms with van der Waals surface area (Å²) in [6.45, 7) is 0.366. The summed E-state index contributed by atoms with van der Waals surface area (Å²) < 4.78 is 30.6. The number of hydrogen-bond acceptors (Lipinski definition) is 5. The fraction of sp³-hybridized carbons (Fsp3) is 0.200. The van der Waals surface area contributed by atoms with Gasteiger partial charge in [0.15, 0.2) is 15.7 Å². The van der Waals surface area contributed by atoms with Gasteiger partial charge in [0.25, 0.3) is 0 Å². The number of thioether (sulfide) groups is 1. The van der Waals surface area contributed by atoms with Gasteiger partial charge in [-0.3, -0.25) is 0 Å². The molecular formula is C20H19BrO4S2. The minimum atomic E-state index is -1.06. The fourth-order valence-electron chi connectivity index (χ4n) is 2.68. The van der Waals surface area contributed by atoms with Gasteiger partial charge in [-0.15, -0.1) is 0 Å². The van der Waals surface area contributed by atoms with Gasteiger partial charge in [0.1, 0.15) is 18.4 Å². The second-order valence-corrected chi connectivity index (χ2v) is 9.01. The maximum atomic E-state index is 11.9. The van der Waals surface area contributed by atoms with Gasteiger partial charge in [0.05, 0.1) is 17.8 Å². The Bertz CT molecular complexity index is 966. The first kappa shape index (κ1) is 20.2. The number of halogens is 1. The second-order valence-electron chi connectivity index (χ2n) is 5.71. The molecule has 1 heterocycles. The molecule has 0 aliphatic heterocycles. The lowest BCUT2D eigenvalue weighted by Gasteiger charge is -2.14. The van der Waals surface area contributed by atoms with Crippen molar-refractivity contribution in [1.29, 1.82) is 0 Å². The molecule has 0 saturated carbocycles. The summed E-state index contributed by atoms with van der Waals surface area (Å²) in [5.74, 6) is 1.26. The van der Waals surface area contributed by atoms with E-state index in [-0.39, 0.29) is 0 Å². The van der Waals surface area contributed by atoms with Crippen molar-refractivity contribution in [3.8, 4) is 11.5 Å². The Balaban J connectivity index is 1.92. The second kappa shape index (κ2) is 9.10. The number of furan rings is 1. The largest absolute Gasteiger partial charge is 0.611 e. The van der Waals surface area contributed by atoms with E-state index in [2.05, 4.69) is 15.9 Å². The lowest BCUT2D eigenvalue weighted by atomic mass is 10.1. The van der Waals surface area contributed by atoms with Crippen molar-refractivity contribution < 1.29 is 18.4 Å². The smallest absolute Gasteiger partial charge is 0.186 e. The molecule has 142 valence electrons. The van der Waals surface area contributed by atoms with E-state index < -0.39 is 11.2 Å². The molecule has 3 aromatic rings. The van der Waals surface area contributed by atoms with Crippen LogP contribution in [0.5, 0.6) is 11.5 Å². The number of methoxy groups -OCH3 is 1. The molecule has 1 unspecified atom stereocenters. The molecule has 1 aromatic heterocycles. The molecule has 0 radical (unpaired) electrons. The van der Waals surface area contributed by atoms with Crippen molar-refractivity contribution in [3.05, 3.63) is 62.5 Å². The molecule has 0 spiro atoms. The minimum Gasteiger partial charge on any atom is -0.611 e. The van der Waals surface area contributed by atoms with Crippen LogP contribution in [0.3, 0.4) is 0 Å². The van der Waals surface area contributed by atoms with E-state index in [0.717, 1.165) is 30.8 Å². The van der Waals surface area contributed by atoms with E-state index in [0.29, 0.717) is 18.1 Å². The van der Waals surface area contributed by atoms with E-state index in [4.69, 9.17) is 13.9 Å². The van der Waals surface area contributed by atoms with Crippen molar-refractivity contribution >= 4 is 55.9 Å². The maximum Gasteiger partial charge on any atom is 0.186 e. The van der Waals surface area contributed by atoms with Crippen molar-refractivity contribution in [2.75, 3.05) is 19.6 Å². The quantitative estimate of drug-likeness (QED) is 0.410. The predicted octanol–water partition coefficient (Wildman–Crippen LogP) is 5.82. The SMILES string of the molecule is COc1cccc(C=C(SC)[S+](C)[O-])c1OCc1cc(Br)c2occc2c1. The molecule has 0 aliphatic carbocycles. The third-order valence-corrected chi connectivity index (χ3v) is 6.93. The van der Waals surface area contributed by atoms with Crippen molar-refractivity contribution in [2.24, 2.45) is 0 Å². The highest BCUT2D eigenvalue weighted by atomic mass is 79.9. The first-order valence-electron chi connectivity index (χ1n) is 8.08. The summed E-state index contributed by atoms with van der Waals surface area (Å²) in [4.78, 5) is 0. The van der Waals surface area contributed by atoms with Gasteiger partial charge in [-0.05, 0) is 63.2 Å². The Labute approximate surface area is 174 Å². The van der Waals surface area contributed by atoms with E-state index in [1.165, 1.54) is 11.8 Å². The highest BCUT2D eigenvalue weighted by Crippen LogP contribution is 2.35. The van der Waals surface area contributed by atoms with Crippen molar-refractivity contribution in [3.63, 3.8) is 0 Å². The van der Waals surface area contributed by atoms with Crippen LogP contribution in [0.15, 0.2) is 55.8 Å². The molecule has 0 saturated heterocycles. The van der Waals surface area contributed by atoms with Gasteiger partial charge in [-0.25, -0.2) is 0 Å². The summed E-state index contributed by atoms with van der Waals surface area (Å²) >= 11 is 3.93. The van der Waals surface area contributed by atoms with Gasteiger partial charge in [0, 0.05) is 17.0 Å². The van der Waals surface area contributed by atoms with Crippen LogP contribution in [0.1, 0.15) is 11.1 Å². The summed E-state index contributed by atoms with van der Waals surface area (Å²) in [5, 5.41) is 1.01. The Hall–Kier alpha value is -1.54. The number of fused-ring (bicyclic) bond motifs is 1. The summed E-state index contributed by atoms with van der Waals surface area (Å²) in [7, 11) is 1.61. The van der Waals surface area contributed by atoms with Gasteiger partial charge >= 0.3 is 0 Å². The van der Waals surface area contributed by atoms with Gasteiger partial charge in [0.2, 0.25) is 0 Å². The number of ether oxygens (including phenoxy) is 2. The van der Waals surface area contributed by atoms with Crippen LogP contribution in [-0.4, -0.2) is 24.2 Å². The molecule has 0 fully saturated rings. The Morgan fingerprint density at radius 1 is 1.33 bits per heavy atom. The molecule has 4 nitrogen and oxygen atoms in total. The van der Waals surface area contributed by atoms with Gasteiger partial charge in [-0.1, -0.05) is 23.9 Å². The lowest BCUT2D eigenvalue weighted by molar-refractivity contribution is 0.284. The lowest BCUT2D eigenvalue weighted by Crippen LogP contribution is -2.01. The van der Waals surface area contributed by atoms with E-state index in [1.807, 2.05) is 48.7 Å². The number of rotatable bonds is 7. The van der Waals surface area contributed by atoms with Crippen LogP contribution < -0.4 is 9.47 Å². The minimum absolute atomic E-state index is 0.366. The zero-order chi connectivity index (χ0) is 19.4. The highest BCUT2D eigenvalue weighted by Gasteiger charge is 2.14. The fourth-order valence-corrected chi connectivity index (χ4v) is 4.78. The van der Waals surface area contributed by atoms with Gasteiger partial charge in [-0.2, -0.15) is 0 Å². The van der Waals surface area contributed by atoms with Crippen LogP contribution in [-0.2, 0) is 17.8 Å². The van der Waals surface area contributed by atoms with Crippen LogP contribution in [0, 0.1) is 0 Å². The van der Waals surface area contributed by atoms with E-state index >= 15 is 0 Å². The van der Waals surface area contributed by atoms with Crippen LogP contribution in [0.4, 0.5) is 0 Å². The maximum absolute atomic E-state index is 11.9. The molecule has 0 aliphatic rings. The topological polar surface area (TPSA) is 54.7 Å². The van der Waals surface area contributed by atoms with Gasteiger partial charge < -0.3 is 18.4 Å². The molecule has 1 atom stereocenters. The Kier molecular flexibility index (Phi) is 6.81. The predicted molar refractivity (Wildman–Crippen MR) is 117 cm³/mol. The van der Waals surface area contributed by atoms with Crippen LogP contribution >= 0.6 is 27.7 Å². The molecular weight excluding hydrogens is 448 g/mol. The monoisotopic (exact) mass is 466 g/mol. The number of benzene rings is 2. The third-order valence-electron chi connectivity index (χ3n) is 3.94. The van der Waals surface area contributed by atoms with Crippen molar-refractivity contribution in [1.82, 2.24) is 0 Å². The molecule has 27 heavy (non-hydrogen) atoms. The summed E-state index contributed by atoms with van der Waals surface area (Å²) in [6, 6.07) is 11.6. The molecule has 7 heteroatoms. The van der Waals surface area contributed by atoms with E-state index in [9.17, 15) is 4.55 Å². The van der Waals surface area contributed by atoms with Crippen LogP contribution in [0.2, 0.25) is 0 Å². The average Bonchev–Trinajstić information content (AvgIpc) is 3.13. The number of para-hydroxylation sites is 1. The molecule has 0 N–H and O–H groups in total. The molecule has 0 bridgehead atoms. The molecule has 3 rings (SSSR count). The van der Waals surface area contributed by atoms with E-state index in [1.54, 1.807) is 19.6 Å². The van der Waals surface area contributed by atoms with Crippen LogP contribution in [0.25, 0.3) is 17.0 Å². The molecule has 2 aromatic carbocycles. The summed E-state index contributed by atoms with van der Waals surface area (Å²) in [6.07, 6.45) is 7.12. The average molecular weight is 467 g/mol. The summed E-state index contributed by atoms with van der Waals surface area (Å²) in [5.41, 5.74) is 2.65. The third kappa shape index (κ3) is 4.66.